The number of imidazole rings is 1. The molecule has 1 fully saturated rings. The summed E-state index contributed by atoms with van der Waals surface area (Å²) in [4.78, 5) is 29.3. The second-order valence-corrected chi connectivity index (χ2v) is 6.86. The van der Waals surface area contributed by atoms with E-state index in [9.17, 15) is 4.79 Å². The Morgan fingerprint density at radius 2 is 2.15 bits per heavy atom. The van der Waals surface area contributed by atoms with Crippen molar-refractivity contribution in [3.8, 4) is 11.4 Å². The van der Waals surface area contributed by atoms with Gasteiger partial charge in [0, 0.05) is 25.5 Å². The molecule has 0 radical (unpaired) electrons. The molecule has 0 bridgehead atoms. The van der Waals surface area contributed by atoms with Gasteiger partial charge in [0.1, 0.15) is 16.9 Å². The standard InChI is InChI=1S/C19H19N7O/c1-20-18-15-16(26(2)9-21-15)11-8-14(24-17(11)25-18)12-4-3-5-13(23-12)19(27)22-10-6-7-10/h3-5,8-10H,6-7H2,1-2H3,(H,22,27)(H2,20,24,25). The first-order chi connectivity index (χ1) is 13.1. The molecule has 0 atom stereocenters. The molecule has 0 spiro atoms. The van der Waals surface area contributed by atoms with E-state index in [0.717, 1.165) is 46.4 Å². The van der Waals surface area contributed by atoms with E-state index in [0.29, 0.717) is 17.4 Å². The molecule has 4 heterocycles. The number of carbonyl (C=O) groups excluding carboxylic acids is 1. The molecule has 1 saturated carbocycles. The van der Waals surface area contributed by atoms with Gasteiger partial charge >= 0.3 is 0 Å². The molecule has 0 unspecified atom stereocenters. The summed E-state index contributed by atoms with van der Waals surface area (Å²) in [5.74, 6) is 0.595. The van der Waals surface area contributed by atoms with Crippen LogP contribution in [-0.4, -0.2) is 43.5 Å². The summed E-state index contributed by atoms with van der Waals surface area (Å²) in [6, 6.07) is 7.79. The largest absolute Gasteiger partial charge is 0.371 e. The van der Waals surface area contributed by atoms with Crippen molar-refractivity contribution in [2.24, 2.45) is 7.05 Å². The fraction of sp³-hybridized carbons (Fsp3) is 0.263. The van der Waals surface area contributed by atoms with Gasteiger partial charge in [-0.15, -0.1) is 0 Å². The van der Waals surface area contributed by atoms with Crippen LogP contribution in [-0.2, 0) is 7.05 Å². The molecule has 27 heavy (non-hydrogen) atoms. The predicted octanol–water partition coefficient (Wildman–Crippen LogP) is 2.45. The number of H-pyrrole nitrogens is 1. The van der Waals surface area contributed by atoms with E-state index in [2.05, 4.69) is 30.6 Å². The lowest BCUT2D eigenvalue weighted by Crippen LogP contribution is -2.26. The number of hydrogen-bond acceptors (Lipinski definition) is 5. The van der Waals surface area contributed by atoms with Crippen molar-refractivity contribution in [2.45, 2.75) is 18.9 Å². The zero-order valence-corrected chi connectivity index (χ0v) is 15.1. The smallest absolute Gasteiger partial charge is 0.270 e. The monoisotopic (exact) mass is 361 g/mol. The van der Waals surface area contributed by atoms with Crippen LogP contribution in [0.25, 0.3) is 33.5 Å². The van der Waals surface area contributed by atoms with Gasteiger partial charge in [0.2, 0.25) is 0 Å². The Balaban J connectivity index is 1.62. The highest BCUT2D eigenvalue weighted by molar-refractivity contribution is 6.07. The molecule has 3 N–H and O–H groups in total. The summed E-state index contributed by atoms with van der Waals surface area (Å²) in [6.45, 7) is 0. The molecular weight excluding hydrogens is 342 g/mol. The number of fused-ring (bicyclic) bond motifs is 3. The quantitative estimate of drug-likeness (QED) is 0.518. The van der Waals surface area contributed by atoms with E-state index >= 15 is 0 Å². The summed E-state index contributed by atoms with van der Waals surface area (Å²) >= 11 is 0. The highest BCUT2D eigenvalue weighted by Crippen LogP contribution is 2.31. The van der Waals surface area contributed by atoms with Crippen LogP contribution in [0, 0.1) is 0 Å². The van der Waals surface area contributed by atoms with Crippen LogP contribution in [0.1, 0.15) is 23.3 Å². The Kier molecular flexibility index (Phi) is 3.40. The molecular formula is C19H19N7O. The molecule has 4 aromatic heterocycles. The van der Waals surface area contributed by atoms with Gasteiger partial charge in [0.15, 0.2) is 5.82 Å². The van der Waals surface area contributed by atoms with Crippen molar-refractivity contribution in [2.75, 3.05) is 12.4 Å². The number of amides is 1. The average molecular weight is 361 g/mol. The molecule has 0 saturated heterocycles. The Labute approximate surface area is 155 Å². The minimum absolute atomic E-state index is 0.125. The van der Waals surface area contributed by atoms with E-state index in [1.54, 1.807) is 12.4 Å². The molecule has 1 aliphatic carbocycles. The van der Waals surface area contributed by atoms with Crippen LogP contribution in [0.15, 0.2) is 30.6 Å². The molecule has 8 nitrogen and oxygen atoms in total. The maximum atomic E-state index is 12.3. The molecule has 1 aliphatic rings. The van der Waals surface area contributed by atoms with Gasteiger partial charge in [0.25, 0.3) is 5.91 Å². The Hall–Kier alpha value is -3.42. The number of nitrogens with zero attached hydrogens (tertiary/aromatic N) is 4. The van der Waals surface area contributed by atoms with Crippen molar-refractivity contribution in [3.63, 3.8) is 0 Å². The zero-order valence-electron chi connectivity index (χ0n) is 15.1. The van der Waals surface area contributed by atoms with Gasteiger partial charge in [-0.3, -0.25) is 4.79 Å². The lowest BCUT2D eigenvalue weighted by molar-refractivity contribution is 0.0946. The zero-order chi connectivity index (χ0) is 18.5. The van der Waals surface area contributed by atoms with Crippen molar-refractivity contribution < 1.29 is 4.79 Å². The molecule has 0 aromatic carbocycles. The number of aromatic amines is 1. The number of rotatable bonds is 4. The van der Waals surface area contributed by atoms with Crippen molar-refractivity contribution in [1.29, 1.82) is 0 Å². The number of aromatic nitrogens is 5. The number of aryl methyl sites for hydroxylation is 1. The maximum absolute atomic E-state index is 12.3. The van der Waals surface area contributed by atoms with Crippen LogP contribution in [0.4, 0.5) is 5.82 Å². The maximum Gasteiger partial charge on any atom is 0.270 e. The predicted molar refractivity (Wildman–Crippen MR) is 104 cm³/mol. The van der Waals surface area contributed by atoms with Crippen LogP contribution >= 0.6 is 0 Å². The van der Waals surface area contributed by atoms with Crippen LogP contribution in [0.5, 0.6) is 0 Å². The van der Waals surface area contributed by atoms with E-state index < -0.39 is 0 Å². The number of nitrogens with one attached hydrogen (secondary N) is 3. The first kappa shape index (κ1) is 15.8. The second-order valence-electron chi connectivity index (χ2n) is 6.86. The van der Waals surface area contributed by atoms with Gasteiger partial charge in [-0.25, -0.2) is 15.0 Å². The summed E-state index contributed by atoms with van der Waals surface area (Å²) in [5.41, 5.74) is 4.51. The number of hydrogen-bond donors (Lipinski definition) is 3. The highest BCUT2D eigenvalue weighted by Gasteiger charge is 2.24. The Bertz CT molecular complexity index is 1190. The fourth-order valence-electron chi connectivity index (χ4n) is 3.31. The number of pyridine rings is 2. The average Bonchev–Trinajstić information content (AvgIpc) is 3.25. The first-order valence-electron chi connectivity index (χ1n) is 8.94. The van der Waals surface area contributed by atoms with Gasteiger partial charge in [-0.1, -0.05) is 6.07 Å². The number of carbonyl (C=O) groups is 1. The molecule has 0 aliphatic heterocycles. The molecule has 1 amide bonds. The highest BCUT2D eigenvalue weighted by atomic mass is 16.2. The van der Waals surface area contributed by atoms with Crippen LogP contribution in [0.3, 0.4) is 0 Å². The third-order valence-electron chi connectivity index (χ3n) is 4.84. The summed E-state index contributed by atoms with van der Waals surface area (Å²) in [5, 5.41) is 7.04. The summed E-state index contributed by atoms with van der Waals surface area (Å²) in [7, 11) is 3.79. The molecule has 4 aromatic rings. The molecule has 8 heteroatoms. The molecule has 5 rings (SSSR count). The van der Waals surface area contributed by atoms with E-state index in [4.69, 9.17) is 0 Å². The lowest BCUT2D eigenvalue weighted by atomic mass is 10.2. The Morgan fingerprint density at radius 3 is 2.93 bits per heavy atom. The minimum Gasteiger partial charge on any atom is -0.371 e. The van der Waals surface area contributed by atoms with Gasteiger partial charge in [0.05, 0.1) is 23.2 Å². The van der Waals surface area contributed by atoms with Crippen molar-refractivity contribution in [1.82, 2.24) is 29.8 Å². The van der Waals surface area contributed by atoms with Gasteiger partial charge < -0.3 is 20.2 Å². The first-order valence-corrected chi connectivity index (χ1v) is 8.94. The fourth-order valence-corrected chi connectivity index (χ4v) is 3.31. The van der Waals surface area contributed by atoms with E-state index in [-0.39, 0.29) is 5.91 Å². The van der Waals surface area contributed by atoms with Crippen molar-refractivity contribution in [3.05, 3.63) is 36.3 Å². The normalized spacial score (nSPS) is 14.0. The van der Waals surface area contributed by atoms with Crippen molar-refractivity contribution >= 4 is 33.8 Å². The number of anilines is 1. The summed E-state index contributed by atoms with van der Waals surface area (Å²) < 4.78 is 1.98. The van der Waals surface area contributed by atoms with Gasteiger partial charge in [-0.05, 0) is 31.0 Å². The third kappa shape index (κ3) is 2.61. The van der Waals surface area contributed by atoms with E-state index in [1.807, 2.05) is 36.9 Å². The summed E-state index contributed by atoms with van der Waals surface area (Å²) in [6.07, 6.45) is 3.88. The van der Waals surface area contributed by atoms with Crippen LogP contribution < -0.4 is 10.6 Å². The second kappa shape index (κ2) is 5.80. The van der Waals surface area contributed by atoms with Gasteiger partial charge in [-0.2, -0.15) is 0 Å². The van der Waals surface area contributed by atoms with Crippen LogP contribution in [0.2, 0.25) is 0 Å². The van der Waals surface area contributed by atoms with E-state index in [1.165, 1.54) is 0 Å². The molecule has 136 valence electrons. The third-order valence-corrected chi connectivity index (χ3v) is 4.84. The SMILES string of the molecule is CNc1nc2[nH]c(-c3cccc(C(=O)NC4CC4)n3)cc2c2c1ncn2C. The topological polar surface area (TPSA) is 101 Å². The Morgan fingerprint density at radius 1 is 1.30 bits per heavy atom. The lowest BCUT2D eigenvalue weighted by Gasteiger charge is -2.04. The minimum atomic E-state index is -0.125.